The summed E-state index contributed by atoms with van der Waals surface area (Å²) >= 11 is 5.78. The fraction of sp³-hybridized carbons (Fsp3) is 0.158. The highest BCUT2D eigenvalue weighted by Gasteiger charge is 2.18. The van der Waals surface area contributed by atoms with Gasteiger partial charge in [-0.15, -0.1) is 0 Å². The van der Waals surface area contributed by atoms with Gasteiger partial charge in [-0.2, -0.15) is 8.42 Å². The normalized spacial score (nSPS) is 11.3. The average Bonchev–Trinajstić information content (AvgIpc) is 2.73. The van der Waals surface area contributed by atoms with E-state index in [1.807, 2.05) is 9.44 Å². The van der Waals surface area contributed by atoms with Crippen molar-refractivity contribution in [3.8, 4) is 5.75 Å². The van der Waals surface area contributed by atoms with Gasteiger partial charge in [-0.05, 0) is 29.8 Å². The molecule has 0 amide bonds. The van der Waals surface area contributed by atoms with E-state index in [0.29, 0.717) is 17.0 Å². The second-order valence-electron chi connectivity index (χ2n) is 6.25. The van der Waals surface area contributed by atoms with Gasteiger partial charge in [0.05, 0.1) is 19.0 Å². The van der Waals surface area contributed by atoms with Crippen molar-refractivity contribution >= 4 is 39.0 Å². The molecule has 3 rings (SSSR count). The van der Waals surface area contributed by atoms with E-state index in [2.05, 4.69) is 15.3 Å². The van der Waals surface area contributed by atoms with Crippen LogP contribution in [0.4, 0.5) is 26.0 Å². The Kier molecular flexibility index (Phi) is 6.88. The molecule has 8 nitrogen and oxygen atoms in total. The fourth-order valence-corrected chi connectivity index (χ4v) is 3.42. The van der Waals surface area contributed by atoms with Crippen molar-refractivity contribution in [2.75, 3.05) is 24.2 Å². The van der Waals surface area contributed by atoms with Crippen molar-refractivity contribution in [1.82, 2.24) is 14.7 Å². The molecule has 0 saturated carbocycles. The number of nitrogens with zero attached hydrogens (tertiary/aromatic N) is 2. The Balaban J connectivity index is 1.93. The first-order valence-corrected chi connectivity index (χ1v) is 10.7. The minimum atomic E-state index is -3.94. The summed E-state index contributed by atoms with van der Waals surface area (Å²) in [5.74, 6) is -1.54. The Morgan fingerprint density at radius 2 is 1.90 bits per heavy atom. The van der Waals surface area contributed by atoms with Crippen LogP contribution in [0.3, 0.4) is 0 Å². The first-order valence-electron chi connectivity index (χ1n) is 8.81. The number of ether oxygens (including phenoxy) is 1. The van der Waals surface area contributed by atoms with Gasteiger partial charge in [0.2, 0.25) is 0 Å². The van der Waals surface area contributed by atoms with Crippen LogP contribution in [0.2, 0.25) is 5.02 Å². The highest BCUT2D eigenvalue weighted by atomic mass is 35.5. The van der Waals surface area contributed by atoms with E-state index < -0.39 is 27.7 Å². The zero-order valence-electron chi connectivity index (χ0n) is 16.4. The summed E-state index contributed by atoms with van der Waals surface area (Å²) in [7, 11) is -1.34. The molecule has 0 aliphatic heterocycles. The first-order chi connectivity index (χ1) is 14.7. The molecule has 0 bridgehead atoms. The van der Waals surface area contributed by atoms with Gasteiger partial charge in [0.1, 0.15) is 17.3 Å². The number of hydrogen-bond donors (Lipinski definition) is 3. The van der Waals surface area contributed by atoms with Crippen LogP contribution in [-0.2, 0) is 16.6 Å². The molecule has 164 valence electrons. The molecule has 12 heteroatoms. The Hall–Kier alpha value is -3.02. The SMILES string of the molecule is CNS(=O)(=O)Nc1nccc(Cc2cncc(Nc3ccc(Cl)cc3F)c2OC)c1F. The number of rotatable bonds is 8. The van der Waals surface area contributed by atoms with Crippen LogP contribution in [0.15, 0.2) is 42.9 Å². The minimum absolute atomic E-state index is 0.0113. The largest absolute Gasteiger partial charge is 0.494 e. The number of pyridine rings is 2. The number of nitrogens with one attached hydrogen (secondary N) is 3. The second kappa shape index (κ2) is 9.41. The minimum Gasteiger partial charge on any atom is -0.494 e. The van der Waals surface area contributed by atoms with E-state index in [-0.39, 0.29) is 22.7 Å². The van der Waals surface area contributed by atoms with Crippen LogP contribution >= 0.6 is 11.6 Å². The van der Waals surface area contributed by atoms with Crippen LogP contribution in [0.25, 0.3) is 0 Å². The number of methoxy groups -OCH3 is 1. The monoisotopic (exact) mass is 469 g/mol. The van der Waals surface area contributed by atoms with E-state index in [9.17, 15) is 17.2 Å². The maximum atomic E-state index is 14.8. The Labute approximate surface area is 182 Å². The molecule has 0 aliphatic carbocycles. The molecule has 31 heavy (non-hydrogen) atoms. The summed E-state index contributed by atoms with van der Waals surface area (Å²) in [6.45, 7) is 0. The third-order valence-corrected chi connectivity index (χ3v) is 5.46. The summed E-state index contributed by atoms with van der Waals surface area (Å²) in [6.07, 6.45) is 4.19. The smallest absolute Gasteiger partial charge is 0.300 e. The molecule has 0 spiro atoms. The first kappa shape index (κ1) is 22.7. The lowest BCUT2D eigenvalue weighted by Gasteiger charge is -2.16. The molecule has 0 fully saturated rings. The molecular formula is C19H18ClF2N5O3S. The summed E-state index contributed by atoms with van der Waals surface area (Å²) in [5.41, 5.74) is 1.14. The molecule has 0 unspecified atom stereocenters. The Bertz CT molecular complexity index is 1210. The Morgan fingerprint density at radius 3 is 2.58 bits per heavy atom. The van der Waals surface area contributed by atoms with E-state index in [1.165, 1.54) is 50.9 Å². The third kappa shape index (κ3) is 5.37. The molecule has 1 aromatic carbocycles. The lowest BCUT2D eigenvalue weighted by Crippen LogP contribution is -2.27. The van der Waals surface area contributed by atoms with Gasteiger partial charge < -0.3 is 10.1 Å². The van der Waals surface area contributed by atoms with Crippen molar-refractivity contribution in [2.45, 2.75) is 6.42 Å². The van der Waals surface area contributed by atoms with E-state index >= 15 is 0 Å². The molecule has 0 aliphatic rings. The third-order valence-electron chi connectivity index (χ3n) is 4.22. The van der Waals surface area contributed by atoms with Crippen LogP contribution in [0.5, 0.6) is 5.75 Å². The van der Waals surface area contributed by atoms with Gasteiger partial charge in [0.25, 0.3) is 10.2 Å². The molecule has 0 atom stereocenters. The number of aromatic nitrogens is 2. The predicted octanol–water partition coefficient (Wildman–Crippen LogP) is 3.63. The van der Waals surface area contributed by atoms with Crippen LogP contribution < -0.4 is 19.5 Å². The van der Waals surface area contributed by atoms with Gasteiger partial charge in [-0.3, -0.25) is 9.71 Å². The summed E-state index contributed by atoms with van der Waals surface area (Å²) < 4.78 is 61.8. The standard InChI is InChI=1S/C19H18ClF2N5O3S/c1-23-31(28,29)27-19-17(22)11(5-6-25-19)7-12-9-24-10-16(18(12)30-2)26-15-4-3-13(20)8-14(15)21/h3-6,8-10,23,26H,7H2,1-2H3,(H,25,27). The fourth-order valence-electron chi connectivity index (χ4n) is 2.76. The topological polar surface area (TPSA) is 105 Å². The molecule has 3 aromatic rings. The zero-order valence-corrected chi connectivity index (χ0v) is 18.0. The van der Waals surface area contributed by atoms with E-state index in [4.69, 9.17) is 16.3 Å². The van der Waals surface area contributed by atoms with Crippen molar-refractivity contribution < 1.29 is 21.9 Å². The number of anilines is 3. The van der Waals surface area contributed by atoms with Gasteiger partial charge in [0.15, 0.2) is 11.6 Å². The lowest BCUT2D eigenvalue weighted by molar-refractivity contribution is 0.411. The molecule has 0 saturated heterocycles. The van der Waals surface area contributed by atoms with Gasteiger partial charge in [0, 0.05) is 36.4 Å². The van der Waals surface area contributed by atoms with Gasteiger partial charge >= 0.3 is 0 Å². The maximum absolute atomic E-state index is 14.8. The average molecular weight is 470 g/mol. The molecule has 3 N–H and O–H groups in total. The van der Waals surface area contributed by atoms with Crippen LogP contribution in [0, 0.1) is 11.6 Å². The quantitative estimate of drug-likeness (QED) is 0.465. The molecule has 0 radical (unpaired) electrons. The number of benzene rings is 1. The Morgan fingerprint density at radius 1 is 1.13 bits per heavy atom. The highest BCUT2D eigenvalue weighted by Crippen LogP contribution is 2.33. The van der Waals surface area contributed by atoms with E-state index in [0.717, 1.165) is 6.07 Å². The van der Waals surface area contributed by atoms with Crippen molar-refractivity contribution in [3.05, 3.63) is 70.6 Å². The van der Waals surface area contributed by atoms with E-state index in [1.54, 1.807) is 0 Å². The maximum Gasteiger partial charge on any atom is 0.300 e. The van der Waals surface area contributed by atoms with Crippen LogP contribution in [0.1, 0.15) is 11.1 Å². The molecular weight excluding hydrogens is 452 g/mol. The number of halogens is 3. The second-order valence-corrected chi connectivity index (χ2v) is 8.30. The number of hydrogen-bond acceptors (Lipinski definition) is 6. The summed E-state index contributed by atoms with van der Waals surface area (Å²) in [6, 6.07) is 5.56. The van der Waals surface area contributed by atoms with Gasteiger partial charge in [-0.25, -0.2) is 18.5 Å². The van der Waals surface area contributed by atoms with Crippen molar-refractivity contribution in [1.29, 1.82) is 0 Å². The van der Waals surface area contributed by atoms with Gasteiger partial charge in [-0.1, -0.05) is 11.6 Å². The summed E-state index contributed by atoms with van der Waals surface area (Å²) in [5, 5.41) is 3.13. The molecule has 2 aromatic heterocycles. The summed E-state index contributed by atoms with van der Waals surface area (Å²) in [4.78, 5) is 7.84. The highest BCUT2D eigenvalue weighted by molar-refractivity contribution is 7.90. The lowest BCUT2D eigenvalue weighted by atomic mass is 10.1. The molecule has 2 heterocycles. The zero-order chi connectivity index (χ0) is 22.6. The van der Waals surface area contributed by atoms with Crippen molar-refractivity contribution in [2.24, 2.45) is 0 Å². The predicted molar refractivity (Wildman–Crippen MR) is 114 cm³/mol. The van der Waals surface area contributed by atoms with Crippen molar-refractivity contribution in [3.63, 3.8) is 0 Å². The van der Waals surface area contributed by atoms with Crippen LogP contribution in [-0.4, -0.2) is 32.5 Å².